The molecule has 0 saturated heterocycles. The molecule has 1 aliphatic carbocycles. The average molecular weight is 462 g/mol. The molecule has 3 N–H and O–H groups in total. The molecular weight excluding hydrogens is 441 g/mol. The number of fused-ring (bicyclic) bond motifs is 1. The van der Waals surface area contributed by atoms with Gasteiger partial charge in [0.05, 0.1) is 5.56 Å². The fourth-order valence-electron chi connectivity index (χ4n) is 3.39. The molecule has 30 heavy (non-hydrogen) atoms. The number of hydrogen-bond donors (Lipinski definition) is 2. The lowest BCUT2D eigenvalue weighted by Crippen LogP contribution is -2.57. The molecule has 0 aromatic carbocycles. The zero-order valence-electron chi connectivity index (χ0n) is 16.4. The Morgan fingerprint density at radius 3 is 2.17 bits per heavy atom. The first kappa shape index (κ1) is 24.4. The molecular formula is C18H21F7N2O2S. The molecule has 0 bridgehead atoms. The number of nitrogens with one attached hydrogen (secondary N) is 1. The fourth-order valence-corrected chi connectivity index (χ4v) is 4.72. The van der Waals surface area contributed by atoms with Crippen LogP contribution in [0.1, 0.15) is 54.4 Å². The number of rotatable bonds is 6. The second kappa shape index (κ2) is 7.69. The van der Waals surface area contributed by atoms with Crippen LogP contribution in [0.3, 0.4) is 0 Å². The van der Waals surface area contributed by atoms with Crippen molar-refractivity contribution in [1.82, 2.24) is 0 Å². The topological polar surface area (TPSA) is 72.2 Å². The highest BCUT2D eigenvalue weighted by Gasteiger charge is 2.76. The van der Waals surface area contributed by atoms with Gasteiger partial charge in [-0.05, 0) is 36.2 Å². The summed E-state index contributed by atoms with van der Waals surface area (Å²) in [5.41, 5.74) is 5.26. The maximum Gasteiger partial charge on any atom is 0.460 e. The Morgan fingerprint density at radius 1 is 1.13 bits per heavy atom. The summed E-state index contributed by atoms with van der Waals surface area (Å²) < 4.78 is 90.6. The summed E-state index contributed by atoms with van der Waals surface area (Å²) in [6, 6.07) is 0. The highest BCUT2D eigenvalue weighted by atomic mass is 32.1. The first-order valence-electron chi connectivity index (χ1n) is 9.05. The van der Waals surface area contributed by atoms with E-state index in [4.69, 9.17) is 5.73 Å². The Labute approximate surface area is 172 Å². The average Bonchev–Trinajstić information content (AvgIpc) is 2.97. The number of carbonyl (C=O) groups excluding carboxylic acids is 2. The van der Waals surface area contributed by atoms with Crippen LogP contribution in [0.5, 0.6) is 0 Å². The van der Waals surface area contributed by atoms with E-state index < -0.39 is 34.8 Å². The van der Waals surface area contributed by atoms with Crippen LogP contribution >= 0.6 is 11.3 Å². The Morgan fingerprint density at radius 2 is 1.70 bits per heavy atom. The third-order valence-corrected chi connectivity index (χ3v) is 6.96. The smallest absolute Gasteiger partial charge is 0.365 e. The van der Waals surface area contributed by atoms with E-state index in [0.29, 0.717) is 41.0 Å². The van der Waals surface area contributed by atoms with Crippen LogP contribution in [-0.2, 0) is 17.6 Å². The first-order chi connectivity index (χ1) is 13.5. The number of carbonyl (C=O) groups is 2. The number of hydrogen-bond acceptors (Lipinski definition) is 3. The Kier molecular flexibility index (Phi) is 6.26. The molecule has 1 heterocycles. The van der Waals surface area contributed by atoms with E-state index in [1.54, 1.807) is 0 Å². The van der Waals surface area contributed by atoms with Gasteiger partial charge >= 0.3 is 23.9 Å². The maximum absolute atomic E-state index is 13.7. The van der Waals surface area contributed by atoms with Crippen molar-refractivity contribution >= 4 is 28.2 Å². The number of nitrogens with two attached hydrogens (primary N) is 1. The van der Waals surface area contributed by atoms with E-state index in [1.165, 1.54) is 5.32 Å². The van der Waals surface area contributed by atoms with Gasteiger partial charge in [0, 0.05) is 4.88 Å². The molecule has 1 unspecified atom stereocenters. The van der Waals surface area contributed by atoms with Crippen LogP contribution in [0.2, 0.25) is 0 Å². The van der Waals surface area contributed by atoms with Crippen molar-refractivity contribution in [2.24, 2.45) is 17.1 Å². The number of amides is 2. The van der Waals surface area contributed by atoms with Crippen LogP contribution in [0.15, 0.2) is 0 Å². The predicted molar refractivity (Wildman–Crippen MR) is 97.0 cm³/mol. The zero-order chi connectivity index (χ0) is 23.3. The molecule has 0 radical (unpaired) electrons. The predicted octanol–water partition coefficient (Wildman–Crippen LogP) is 5.16. The van der Waals surface area contributed by atoms with Crippen LogP contribution in [-0.4, -0.2) is 29.8 Å². The van der Waals surface area contributed by atoms with Gasteiger partial charge in [0.1, 0.15) is 5.00 Å². The molecule has 1 aromatic rings. The lowest BCUT2D eigenvalue weighted by atomic mass is 9.69. The quantitative estimate of drug-likeness (QED) is 0.574. The second-order valence-corrected chi connectivity index (χ2v) is 9.06. The number of thiophene rings is 1. The molecule has 2 rings (SSSR count). The zero-order valence-corrected chi connectivity index (χ0v) is 17.2. The first-order valence-corrected chi connectivity index (χ1v) is 9.87. The molecule has 0 saturated carbocycles. The minimum Gasteiger partial charge on any atom is -0.365 e. The summed E-state index contributed by atoms with van der Waals surface area (Å²) in [6.45, 7) is 6.06. The third-order valence-electron chi connectivity index (χ3n) is 5.79. The van der Waals surface area contributed by atoms with Gasteiger partial charge in [0.2, 0.25) is 0 Å². The van der Waals surface area contributed by atoms with Gasteiger partial charge in [-0.1, -0.05) is 27.2 Å². The molecule has 1 aliphatic rings. The minimum absolute atomic E-state index is 0.0836. The van der Waals surface area contributed by atoms with E-state index in [0.717, 1.165) is 6.42 Å². The van der Waals surface area contributed by atoms with Crippen LogP contribution in [0, 0.1) is 11.3 Å². The summed E-state index contributed by atoms with van der Waals surface area (Å²) in [7, 11) is 0. The van der Waals surface area contributed by atoms with Crippen molar-refractivity contribution in [3.63, 3.8) is 0 Å². The van der Waals surface area contributed by atoms with Crippen molar-refractivity contribution < 1.29 is 40.3 Å². The maximum atomic E-state index is 13.7. The highest BCUT2D eigenvalue weighted by Crippen LogP contribution is 2.48. The normalized spacial score (nSPS) is 18.1. The number of primary amides is 1. The molecule has 1 atom stereocenters. The second-order valence-electron chi connectivity index (χ2n) is 7.95. The van der Waals surface area contributed by atoms with Gasteiger partial charge in [0.15, 0.2) is 0 Å². The van der Waals surface area contributed by atoms with Crippen molar-refractivity contribution in [1.29, 1.82) is 0 Å². The number of alkyl halides is 7. The number of halogens is 7. The van der Waals surface area contributed by atoms with E-state index in [9.17, 15) is 40.3 Å². The SMILES string of the molecule is CCC(C)(C)C1CCc2c(sc(NC(=O)C(F)(F)C(F)(F)C(F)(F)F)c2C(N)=O)C1. The van der Waals surface area contributed by atoms with Gasteiger partial charge in [-0.15, -0.1) is 11.3 Å². The Balaban J connectivity index is 2.40. The lowest BCUT2D eigenvalue weighted by Gasteiger charge is -2.36. The molecule has 0 fully saturated rings. The monoisotopic (exact) mass is 462 g/mol. The highest BCUT2D eigenvalue weighted by molar-refractivity contribution is 7.17. The van der Waals surface area contributed by atoms with Crippen LogP contribution in [0.4, 0.5) is 35.7 Å². The minimum atomic E-state index is -6.64. The molecule has 0 spiro atoms. The summed E-state index contributed by atoms with van der Waals surface area (Å²) in [4.78, 5) is 24.1. The summed E-state index contributed by atoms with van der Waals surface area (Å²) in [5.74, 6) is -16.5. The molecule has 4 nitrogen and oxygen atoms in total. The third kappa shape index (κ3) is 4.02. The van der Waals surface area contributed by atoms with E-state index >= 15 is 0 Å². The van der Waals surface area contributed by atoms with Gasteiger partial charge in [0.25, 0.3) is 5.91 Å². The van der Waals surface area contributed by atoms with Crippen molar-refractivity contribution in [2.45, 2.75) is 64.5 Å². The van der Waals surface area contributed by atoms with E-state index in [1.807, 2.05) is 20.8 Å². The Hall–Kier alpha value is -1.85. The van der Waals surface area contributed by atoms with Crippen molar-refractivity contribution in [2.75, 3.05) is 5.32 Å². The van der Waals surface area contributed by atoms with Crippen molar-refractivity contribution in [3.05, 3.63) is 16.0 Å². The molecule has 170 valence electrons. The van der Waals surface area contributed by atoms with Crippen LogP contribution < -0.4 is 11.1 Å². The van der Waals surface area contributed by atoms with Gasteiger partial charge in [-0.25, -0.2) is 0 Å². The molecule has 0 aliphatic heterocycles. The summed E-state index contributed by atoms with van der Waals surface area (Å²) >= 11 is 0.691. The van der Waals surface area contributed by atoms with E-state index in [2.05, 4.69) is 0 Å². The largest absolute Gasteiger partial charge is 0.460 e. The van der Waals surface area contributed by atoms with Crippen LogP contribution in [0.25, 0.3) is 0 Å². The number of anilines is 1. The molecule has 2 amide bonds. The standard InChI is InChI=1S/C18H21F7N2O2S/c1-4-15(2,3)8-5-6-9-10(7-8)30-13(11(9)12(26)28)27-14(29)16(19,20)17(21,22)18(23,24)25/h8H,4-7H2,1-3H3,(H2,26,28)(H,27,29). The van der Waals surface area contributed by atoms with Gasteiger partial charge < -0.3 is 11.1 Å². The lowest BCUT2D eigenvalue weighted by molar-refractivity contribution is -0.343. The summed E-state index contributed by atoms with van der Waals surface area (Å²) in [6.07, 6.45) is -4.40. The van der Waals surface area contributed by atoms with Crippen molar-refractivity contribution in [3.8, 4) is 0 Å². The molecule has 1 aromatic heterocycles. The Bertz CT molecular complexity index is 846. The van der Waals surface area contributed by atoms with Gasteiger partial charge in [-0.2, -0.15) is 30.7 Å². The van der Waals surface area contributed by atoms with E-state index in [-0.39, 0.29) is 16.9 Å². The molecule has 12 heteroatoms. The summed E-state index contributed by atoms with van der Waals surface area (Å²) in [5, 5.41) is 0.833. The van der Waals surface area contributed by atoms with Gasteiger partial charge in [-0.3, -0.25) is 9.59 Å². The fraction of sp³-hybridized carbons (Fsp3) is 0.667.